The highest BCUT2D eigenvalue weighted by Gasteiger charge is 2.29. The molecule has 1 unspecified atom stereocenters. The third kappa shape index (κ3) is 5.87. The first kappa shape index (κ1) is 23.6. The van der Waals surface area contributed by atoms with E-state index in [4.69, 9.17) is 4.74 Å². The summed E-state index contributed by atoms with van der Waals surface area (Å²) in [6.07, 6.45) is 4.90. The number of rotatable bonds is 7. The summed E-state index contributed by atoms with van der Waals surface area (Å²) in [4.78, 5) is 28.9. The van der Waals surface area contributed by atoms with Crippen LogP contribution < -0.4 is 5.32 Å². The molecule has 0 saturated carbocycles. The van der Waals surface area contributed by atoms with Gasteiger partial charge in [-0.25, -0.2) is 4.79 Å². The summed E-state index contributed by atoms with van der Waals surface area (Å²) in [5, 5.41) is 3.30. The number of hydrogen-bond acceptors (Lipinski definition) is 5. The minimum Gasteiger partial charge on any atom is -0.459 e. The number of anilines is 1. The first-order chi connectivity index (χ1) is 16.0. The maximum atomic E-state index is 13.6. The average molecular weight is 480 g/mol. The standard InChI is InChI=1S/C27H29NO3S2/c1-18(2)31-27(30)23-21-16-10-5-11-17-22(21)33-26(23)28-25(29)24(19-12-6-3-7-13-19)32-20-14-8-4-9-15-20/h3-4,6-9,12-15,18,24H,5,10-11,16-17H2,1-2H3,(H,28,29). The molecule has 4 rings (SSSR count). The number of carbonyl (C=O) groups excluding carboxylic acids is 2. The van der Waals surface area contributed by atoms with Gasteiger partial charge in [-0.15, -0.1) is 23.1 Å². The molecule has 0 bridgehead atoms. The van der Waals surface area contributed by atoms with E-state index in [-0.39, 0.29) is 18.0 Å². The van der Waals surface area contributed by atoms with Crippen molar-refractivity contribution in [1.29, 1.82) is 0 Å². The summed E-state index contributed by atoms with van der Waals surface area (Å²) in [5.41, 5.74) is 2.54. The number of fused-ring (bicyclic) bond motifs is 1. The van der Waals surface area contributed by atoms with Crippen molar-refractivity contribution in [2.75, 3.05) is 5.32 Å². The molecule has 6 heteroatoms. The highest BCUT2D eigenvalue weighted by atomic mass is 32.2. The van der Waals surface area contributed by atoms with Crippen LogP contribution in [-0.4, -0.2) is 18.0 Å². The normalized spacial score (nSPS) is 14.3. The lowest BCUT2D eigenvalue weighted by Gasteiger charge is -2.17. The van der Waals surface area contributed by atoms with Gasteiger partial charge < -0.3 is 10.1 Å². The second-order valence-corrected chi connectivity index (χ2v) is 10.7. The predicted molar refractivity (Wildman–Crippen MR) is 136 cm³/mol. The monoisotopic (exact) mass is 479 g/mol. The quantitative estimate of drug-likeness (QED) is 0.224. The molecule has 4 nitrogen and oxygen atoms in total. The van der Waals surface area contributed by atoms with Gasteiger partial charge in [0.15, 0.2) is 0 Å². The average Bonchev–Trinajstić information content (AvgIpc) is 2.98. The van der Waals surface area contributed by atoms with Crippen molar-refractivity contribution in [3.8, 4) is 0 Å². The van der Waals surface area contributed by atoms with Crippen molar-refractivity contribution in [3.63, 3.8) is 0 Å². The Bertz CT molecular complexity index is 1090. The van der Waals surface area contributed by atoms with Crippen LogP contribution in [0.1, 0.15) is 64.7 Å². The van der Waals surface area contributed by atoms with Crippen LogP contribution in [0.5, 0.6) is 0 Å². The molecule has 0 saturated heterocycles. The van der Waals surface area contributed by atoms with Crippen LogP contribution in [0.15, 0.2) is 65.6 Å². The van der Waals surface area contributed by atoms with Crippen molar-refractivity contribution in [2.45, 2.75) is 62.2 Å². The highest BCUT2D eigenvalue weighted by molar-refractivity contribution is 8.00. The maximum Gasteiger partial charge on any atom is 0.341 e. The SMILES string of the molecule is CC(C)OC(=O)c1c(NC(=O)C(Sc2ccccc2)c2ccccc2)sc2c1CCCCC2. The molecule has 3 aromatic rings. The fourth-order valence-electron chi connectivity index (χ4n) is 4.03. The van der Waals surface area contributed by atoms with Crippen LogP contribution in [-0.2, 0) is 22.4 Å². The van der Waals surface area contributed by atoms with Gasteiger partial charge in [0.2, 0.25) is 5.91 Å². The Morgan fingerprint density at radius 2 is 1.61 bits per heavy atom. The van der Waals surface area contributed by atoms with Crippen LogP contribution in [0.2, 0.25) is 0 Å². The third-order valence-corrected chi connectivity index (χ3v) is 8.02. The van der Waals surface area contributed by atoms with Gasteiger partial charge in [0.1, 0.15) is 10.3 Å². The Morgan fingerprint density at radius 1 is 0.939 bits per heavy atom. The predicted octanol–water partition coefficient (Wildman–Crippen LogP) is 7.05. The van der Waals surface area contributed by atoms with Gasteiger partial charge in [-0.2, -0.15) is 0 Å². The summed E-state index contributed by atoms with van der Waals surface area (Å²) in [6, 6.07) is 19.7. The van der Waals surface area contributed by atoms with Gasteiger partial charge in [-0.05, 0) is 62.8 Å². The van der Waals surface area contributed by atoms with Crippen molar-refractivity contribution >= 4 is 40.0 Å². The summed E-state index contributed by atoms with van der Waals surface area (Å²) < 4.78 is 5.58. The van der Waals surface area contributed by atoms with E-state index in [0.717, 1.165) is 48.1 Å². The second-order valence-electron chi connectivity index (χ2n) is 8.43. The van der Waals surface area contributed by atoms with E-state index in [9.17, 15) is 9.59 Å². The largest absolute Gasteiger partial charge is 0.459 e. The zero-order valence-corrected chi connectivity index (χ0v) is 20.6. The number of nitrogens with one attached hydrogen (secondary N) is 1. The topological polar surface area (TPSA) is 55.4 Å². The van der Waals surface area contributed by atoms with Gasteiger partial charge in [-0.3, -0.25) is 4.79 Å². The Labute approximate surface area is 203 Å². The Hall–Kier alpha value is -2.57. The molecule has 0 radical (unpaired) electrons. The van der Waals surface area contributed by atoms with Crippen LogP contribution in [0.4, 0.5) is 5.00 Å². The van der Waals surface area contributed by atoms with E-state index in [0.29, 0.717) is 10.6 Å². The number of esters is 1. The van der Waals surface area contributed by atoms with Gasteiger partial charge in [-0.1, -0.05) is 55.0 Å². The van der Waals surface area contributed by atoms with Crippen molar-refractivity contribution in [3.05, 3.63) is 82.2 Å². The van der Waals surface area contributed by atoms with Crippen LogP contribution in [0.3, 0.4) is 0 Å². The molecule has 0 fully saturated rings. The number of thioether (sulfide) groups is 1. The van der Waals surface area contributed by atoms with E-state index in [2.05, 4.69) is 5.32 Å². The molecule has 1 aliphatic carbocycles. The molecule has 2 aromatic carbocycles. The molecular weight excluding hydrogens is 450 g/mol. The lowest BCUT2D eigenvalue weighted by Crippen LogP contribution is -2.21. The molecule has 1 amide bonds. The number of thiophene rings is 1. The minimum absolute atomic E-state index is 0.134. The molecule has 1 heterocycles. The maximum absolute atomic E-state index is 13.6. The summed E-state index contributed by atoms with van der Waals surface area (Å²) >= 11 is 3.04. The molecule has 1 N–H and O–H groups in total. The number of hydrogen-bond donors (Lipinski definition) is 1. The number of ether oxygens (including phenoxy) is 1. The lowest BCUT2D eigenvalue weighted by molar-refractivity contribution is -0.115. The third-order valence-electron chi connectivity index (χ3n) is 5.54. The Morgan fingerprint density at radius 3 is 2.30 bits per heavy atom. The minimum atomic E-state index is -0.440. The molecule has 1 aliphatic rings. The summed E-state index contributed by atoms with van der Waals surface area (Å²) in [6.45, 7) is 3.70. The second kappa shape index (κ2) is 11.0. The fourth-order valence-corrected chi connectivity index (χ4v) is 6.36. The zero-order valence-electron chi connectivity index (χ0n) is 19.0. The van der Waals surface area contributed by atoms with E-state index >= 15 is 0 Å². The van der Waals surface area contributed by atoms with E-state index < -0.39 is 5.25 Å². The number of amides is 1. The van der Waals surface area contributed by atoms with Gasteiger partial charge in [0.25, 0.3) is 0 Å². The van der Waals surface area contributed by atoms with Gasteiger partial charge >= 0.3 is 5.97 Å². The number of benzene rings is 2. The molecule has 1 aromatic heterocycles. The first-order valence-corrected chi connectivity index (χ1v) is 13.2. The summed E-state index contributed by atoms with van der Waals surface area (Å²) in [7, 11) is 0. The lowest BCUT2D eigenvalue weighted by atomic mass is 10.1. The molecule has 0 aliphatic heterocycles. The van der Waals surface area contributed by atoms with Crippen molar-refractivity contribution in [2.24, 2.45) is 0 Å². The van der Waals surface area contributed by atoms with Crippen LogP contribution in [0.25, 0.3) is 0 Å². The molecule has 33 heavy (non-hydrogen) atoms. The number of carbonyl (C=O) groups is 2. The smallest absolute Gasteiger partial charge is 0.341 e. The Kier molecular flexibility index (Phi) is 7.89. The van der Waals surface area contributed by atoms with Gasteiger partial charge in [0.05, 0.1) is 11.7 Å². The summed E-state index contributed by atoms with van der Waals surface area (Å²) in [5.74, 6) is -0.475. The zero-order chi connectivity index (χ0) is 23.2. The van der Waals surface area contributed by atoms with Crippen LogP contribution in [0, 0.1) is 0 Å². The van der Waals surface area contributed by atoms with E-state index in [1.165, 1.54) is 28.0 Å². The Balaban J connectivity index is 1.67. The fraction of sp³-hybridized carbons (Fsp3) is 0.333. The van der Waals surface area contributed by atoms with Crippen LogP contribution >= 0.6 is 23.1 Å². The van der Waals surface area contributed by atoms with Crippen molar-refractivity contribution in [1.82, 2.24) is 0 Å². The highest BCUT2D eigenvalue weighted by Crippen LogP contribution is 2.41. The number of aryl methyl sites for hydroxylation is 1. The van der Waals surface area contributed by atoms with E-state index in [1.807, 2.05) is 74.5 Å². The van der Waals surface area contributed by atoms with Crippen molar-refractivity contribution < 1.29 is 14.3 Å². The molecule has 172 valence electrons. The molecular formula is C27H29NO3S2. The molecule has 0 spiro atoms. The molecule has 1 atom stereocenters. The van der Waals surface area contributed by atoms with Gasteiger partial charge in [0, 0.05) is 9.77 Å². The first-order valence-electron chi connectivity index (χ1n) is 11.5. The van der Waals surface area contributed by atoms with E-state index in [1.54, 1.807) is 0 Å².